The first kappa shape index (κ1) is 26.7. The van der Waals surface area contributed by atoms with E-state index in [1.54, 1.807) is 6.07 Å². The highest BCUT2D eigenvalue weighted by molar-refractivity contribution is 7.98. The average Bonchev–Trinajstić information content (AvgIpc) is 3.02. The maximum Gasteiger partial charge on any atom is 0.408 e. The number of fused-ring (bicyclic) bond motifs is 3. The fourth-order valence-corrected chi connectivity index (χ4v) is 5.86. The van der Waals surface area contributed by atoms with Gasteiger partial charge in [-0.1, -0.05) is 18.2 Å². The molecule has 1 aromatic heterocycles. The van der Waals surface area contributed by atoms with Crippen LogP contribution in [0.25, 0.3) is 0 Å². The van der Waals surface area contributed by atoms with Crippen LogP contribution in [-0.4, -0.2) is 40.3 Å². The van der Waals surface area contributed by atoms with Crippen molar-refractivity contribution in [2.75, 3.05) is 11.7 Å². The summed E-state index contributed by atoms with van der Waals surface area (Å²) in [5, 5.41) is 1.27. The van der Waals surface area contributed by atoms with Gasteiger partial charge in [0, 0.05) is 35.4 Å². The number of pyridine rings is 1. The summed E-state index contributed by atoms with van der Waals surface area (Å²) < 4.78 is 77.7. The average molecular weight is 566 g/mol. The van der Waals surface area contributed by atoms with Gasteiger partial charge in [0.1, 0.15) is 30.4 Å². The van der Waals surface area contributed by atoms with Gasteiger partial charge in [-0.2, -0.15) is 13.2 Å². The molecule has 0 N–H and O–H groups in total. The van der Waals surface area contributed by atoms with Crippen LogP contribution in [0.1, 0.15) is 47.1 Å². The predicted molar refractivity (Wildman–Crippen MR) is 131 cm³/mol. The number of alkyl halides is 3. The number of thioether (sulfide) groups is 1. The molecule has 0 aliphatic carbocycles. The molecule has 0 unspecified atom stereocenters. The molecule has 2 aliphatic heterocycles. The van der Waals surface area contributed by atoms with E-state index >= 15 is 4.39 Å². The van der Waals surface area contributed by atoms with Crippen LogP contribution in [0.3, 0.4) is 0 Å². The van der Waals surface area contributed by atoms with Gasteiger partial charge in [0.2, 0.25) is 11.2 Å². The van der Waals surface area contributed by atoms with Crippen molar-refractivity contribution in [2.45, 2.75) is 42.8 Å². The Morgan fingerprint density at radius 3 is 2.56 bits per heavy atom. The Kier molecular flexibility index (Phi) is 6.65. The van der Waals surface area contributed by atoms with Crippen LogP contribution in [-0.2, 0) is 10.5 Å². The van der Waals surface area contributed by atoms with E-state index in [4.69, 9.17) is 4.74 Å². The third kappa shape index (κ3) is 4.64. The number of ether oxygens (including phenoxy) is 1. The van der Waals surface area contributed by atoms with Gasteiger partial charge in [-0.25, -0.2) is 8.78 Å². The van der Waals surface area contributed by atoms with Gasteiger partial charge in [-0.3, -0.25) is 24.1 Å². The molecular weight excluding hydrogens is 545 g/mol. The lowest BCUT2D eigenvalue weighted by Crippen LogP contribution is -2.60. The summed E-state index contributed by atoms with van der Waals surface area (Å²) in [6, 6.07) is 5.67. The van der Waals surface area contributed by atoms with E-state index < -0.39 is 65.3 Å². The van der Waals surface area contributed by atoms with Crippen LogP contribution in [0.2, 0.25) is 0 Å². The molecule has 0 bridgehead atoms. The Morgan fingerprint density at radius 1 is 1.13 bits per heavy atom. The number of esters is 1. The first-order valence-electron chi connectivity index (χ1n) is 11.7. The van der Waals surface area contributed by atoms with Crippen molar-refractivity contribution in [1.29, 1.82) is 0 Å². The maximum absolute atomic E-state index is 15.5. The summed E-state index contributed by atoms with van der Waals surface area (Å²) in [6.07, 6.45) is -3.70. The Bertz CT molecular complexity index is 1560. The second kappa shape index (κ2) is 9.70. The van der Waals surface area contributed by atoms with Gasteiger partial charge >= 0.3 is 12.1 Å². The molecule has 3 aromatic rings. The molecule has 2 atom stereocenters. The highest BCUT2D eigenvalue weighted by Gasteiger charge is 2.48. The number of halogens is 5. The molecule has 5 rings (SSSR count). The largest absolute Gasteiger partial charge is 0.420 e. The quantitative estimate of drug-likeness (QED) is 0.337. The van der Waals surface area contributed by atoms with E-state index in [1.807, 2.05) is 0 Å². The third-order valence-electron chi connectivity index (χ3n) is 6.63. The number of carbonyl (C=O) groups is 2. The van der Waals surface area contributed by atoms with Gasteiger partial charge < -0.3 is 9.64 Å². The van der Waals surface area contributed by atoms with Crippen LogP contribution in [0.4, 0.5) is 22.0 Å². The van der Waals surface area contributed by atoms with Crippen LogP contribution in [0.5, 0.6) is 5.75 Å². The normalized spacial score (nSPS) is 17.6. The first-order chi connectivity index (χ1) is 18.4. The van der Waals surface area contributed by atoms with Crippen LogP contribution in [0, 0.1) is 11.6 Å². The molecule has 7 nitrogen and oxygen atoms in total. The van der Waals surface area contributed by atoms with Crippen molar-refractivity contribution < 1.29 is 36.3 Å². The van der Waals surface area contributed by atoms with Gasteiger partial charge in [-0.15, -0.1) is 11.8 Å². The van der Waals surface area contributed by atoms with Crippen molar-refractivity contribution >= 4 is 23.6 Å². The van der Waals surface area contributed by atoms with E-state index in [9.17, 15) is 31.9 Å². The molecule has 204 valence electrons. The van der Waals surface area contributed by atoms with Crippen molar-refractivity contribution in [3.05, 3.63) is 92.9 Å². The zero-order valence-corrected chi connectivity index (χ0v) is 21.3. The Labute approximate surface area is 222 Å². The Hall–Kier alpha value is -3.87. The van der Waals surface area contributed by atoms with Gasteiger partial charge in [0.25, 0.3) is 5.91 Å². The van der Waals surface area contributed by atoms with E-state index in [-0.39, 0.29) is 11.3 Å². The molecule has 0 fully saturated rings. The smallest absolute Gasteiger partial charge is 0.408 e. The zero-order valence-electron chi connectivity index (χ0n) is 20.5. The van der Waals surface area contributed by atoms with E-state index in [1.165, 1.54) is 41.0 Å². The second-order valence-corrected chi connectivity index (χ2v) is 10.1. The molecule has 13 heteroatoms. The van der Waals surface area contributed by atoms with Gasteiger partial charge in [-0.05, 0) is 36.2 Å². The molecule has 0 spiro atoms. The molecule has 3 heterocycles. The van der Waals surface area contributed by atoms with Crippen molar-refractivity contribution in [2.24, 2.45) is 0 Å². The topological polar surface area (TPSA) is 71.8 Å². The number of carbonyl (C=O) groups excluding carboxylic acids is 2. The summed E-state index contributed by atoms with van der Waals surface area (Å²) in [5.74, 6) is -3.91. The Morgan fingerprint density at radius 2 is 1.87 bits per heavy atom. The summed E-state index contributed by atoms with van der Waals surface area (Å²) in [6.45, 7) is 1.07. The Balaban J connectivity index is 1.83. The first-order valence-corrected chi connectivity index (χ1v) is 12.6. The minimum Gasteiger partial charge on any atom is -0.420 e. The lowest BCUT2D eigenvalue weighted by molar-refractivity contribution is -0.173. The van der Waals surface area contributed by atoms with E-state index in [2.05, 4.69) is 0 Å². The summed E-state index contributed by atoms with van der Waals surface area (Å²) in [7, 11) is 0. The fraction of sp³-hybridized carbons (Fsp3) is 0.269. The monoisotopic (exact) mass is 565 g/mol. The van der Waals surface area contributed by atoms with Crippen molar-refractivity contribution in [3.8, 4) is 5.75 Å². The number of nitrogens with zero attached hydrogens (tertiary/aromatic N) is 3. The summed E-state index contributed by atoms with van der Waals surface area (Å²) >= 11 is 1.23. The number of amides is 1. The van der Waals surface area contributed by atoms with Gasteiger partial charge in [0.05, 0.1) is 0 Å². The summed E-state index contributed by atoms with van der Waals surface area (Å²) in [4.78, 5) is 38.8. The zero-order chi connectivity index (χ0) is 28.2. The molecule has 0 saturated carbocycles. The molecule has 2 aliphatic rings. The number of hydrogen-bond donors (Lipinski definition) is 0. The molecule has 1 amide bonds. The number of benzene rings is 2. The highest BCUT2D eigenvalue weighted by atomic mass is 32.2. The molecular formula is C26H20F5N3O4S. The van der Waals surface area contributed by atoms with Crippen LogP contribution in [0.15, 0.2) is 58.4 Å². The minimum atomic E-state index is -4.86. The number of rotatable bonds is 3. The van der Waals surface area contributed by atoms with Gasteiger partial charge in [0.15, 0.2) is 5.69 Å². The highest BCUT2D eigenvalue weighted by Crippen LogP contribution is 2.44. The lowest BCUT2D eigenvalue weighted by Gasteiger charge is -2.46. The predicted octanol–water partition coefficient (Wildman–Crippen LogP) is 4.75. The standard InChI is InChI=1S/C26H20F5N3O4S/c1-13(26(29,30)31)32-12-34(33-9-8-19(36)24(38-14(2)35)23(33)25(32)37)22-17-7-6-16(27)10-20(17)39-11-15-4-3-5-18(28)21(15)22/h3-10,13,22H,11-12H2,1-2H3/t13-,22-/m1/s1. The number of aromatic nitrogens is 1. The third-order valence-corrected chi connectivity index (χ3v) is 7.75. The SMILES string of the molecule is CC(=O)Oc1c2n(ccc1=O)N([C@@H]1c3ccc(F)cc3SCc3cccc(F)c31)CN([C@H](C)C(F)(F)F)C2=O. The molecule has 2 aromatic carbocycles. The lowest BCUT2D eigenvalue weighted by atomic mass is 9.93. The summed E-state index contributed by atoms with van der Waals surface area (Å²) in [5.41, 5.74) is -0.534. The minimum absolute atomic E-state index is 0.114. The number of hydrogen-bond acceptors (Lipinski definition) is 6. The fourth-order valence-electron chi connectivity index (χ4n) is 4.76. The van der Waals surface area contributed by atoms with Crippen molar-refractivity contribution in [1.82, 2.24) is 9.58 Å². The van der Waals surface area contributed by atoms with E-state index in [0.29, 0.717) is 20.9 Å². The molecule has 39 heavy (non-hydrogen) atoms. The van der Waals surface area contributed by atoms with Crippen LogP contribution < -0.4 is 15.2 Å². The van der Waals surface area contributed by atoms with Crippen LogP contribution >= 0.6 is 11.8 Å². The second-order valence-electron chi connectivity index (χ2n) is 9.06. The van der Waals surface area contributed by atoms with E-state index in [0.717, 1.165) is 36.9 Å². The molecule has 0 radical (unpaired) electrons. The van der Waals surface area contributed by atoms with Crippen molar-refractivity contribution in [3.63, 3.8) is 0 Å². The maximum atomic E-state index is 15.5. The molecule has 0 saturated heterocycles.